The fourth-order valence-corrected chi connectivity index (χ4v) is 3.79. The molecule has 0 bridgehead atoms. The number of amides is 1. The highest BCUT2D eigenvalue weighted by Crippen LogP contribution is 2.22. The summed E-state index contributed by atoms with van der Waals surface area (Å²) in [6.45, 7) is 3.37. The molecule has 27 heavy (non-hydrogen) atoms. The van der Waals surface area contributed by atoms with E-state index in [4.69, 9.17) is 9.26 Å². The van der Waals surface area contributed by atoms with Crippen LogP contribution in [0, 0.1) is 0 Å². The zero-order valence-corrected chi connectivity index (χ0v) is 16.9. The number of aryl methyl sites for hydroxylation is 1. The first-order chi connectivity index (χ1) is 13.1. The van der Waals surface area contributed by atoms with E-state index in [9.17, 15) is 4.79 Å². The molecule has 2 aromatic rings. The van der Waals surface area contributed by atoms with Gasteiger partial charge in [0, 0.05) is 32.5 Å². The Morgan fingerprint density at radius 1 is 1.41 bits per heavy atom. The van der Waals surface area contributed by atoms with E-state index in [0.29, 0.717) is 24.6 Å². The van der Waals surface area contributed by atoms with Gasteiger partial charge in [-0.1, -0.05) is 11.2 Å². The number of aromatic nitrogens is 2. The fraction of sp³-hybridized carbons (Fsp3) is 0.632. The molecule has 0 atom stereocenters. The molecule has 8 heteroatoms. The maximum Gasteiger partial charge on any atom is 0.227 e. The second kappa shape index (κ2) is 9.96. The van der Waals surface area contributed by atoms with Gasteiger partial charge in [-0.15, -0.1) is 11.3 Å². The summed E-state index contributed by atoms with van der Waals surface area (Å²) in [7, 11) is 4.14. The molecule has 0 N–H and O–H groups in total. The Kier molecular flexibility index (Phi) is 7.37. The van der Waals surface area contributed by atoms with Gasteiger partial charge in [-0.2, -0.15) is 4.98 Å². The highest BCUT2D eigenvalue weighted by molar-refractivity contribution is 7.13. The molecule has 0 saturated carbocycles. The Balaban J connectivity index is 1.35. The summed E-state index contributed by atoms with van der Waals surface area (Å²) < 4.78 is 11.2. The fourth-order valence-electron chi connectivity index (χ4n) is 3.14. The monoisotopic (exact) mass is 392 g/mol. The summed E-state index contributed by atoms with van der Waals surface area (Å²) >= 11 is 1.57. The lowest BCUT2D eigenvalue weighted by Gasteiger charge is -2.32. The SMILES string of the molecule is CN(C)CCCOC1CCN(C(=O)CCc2nc(-c3cccs3)no2)CC1. The van der Waals surface area contributed by atoms with Gasteiger partial charge in [-0.05, 0) is 51.3 Å². The summed E-state index contributed by atoms with van der Waals surface area (Å²) in [4.78, 5) is 21.9. The number of thiophene rings is 1. The standard InChI is InChI=1S/C19H28N4O3S/c1-22(2)10-4-13-25-15-8-11-23(12-9-15)18(24)7-6-17-20-19(21-26-17)16-5-3-14-27-16/h3,5,14-15H,4,6-13H2,1-2H3. The first kappa shape index (κ1) is 20.0. The highest BCUT2D eigenvalue weighted by Gasteiger charge is 2.23. The van der Waals surface area contributed by atoms with Crippen LogP contribution in [-0.2, 0) is 16.0 Å². The van der Waals surface area contributed by atoms with Crippen molar-refractivity contribution in [1.82, 2.24) is 19.9 Å². The van der Waals surface area contributed by atoms with Crippen LogP contribution in [0.15, 0.2) is 22.0 Å². The van der Waals surface area contributed by atoms with E-state index in [-0.39, 0.29) is 12.0 Å². The van der Waals surface area contributed by atoms with Crippen LogP contribution >= 0.6 is 11.3 Å². The summed E-state index contributed by atoms with van der Waals surface area (Å²) in [6, 6.07) is 3.91. The predicted octanol–water partition coefficient (Wildman–Crippen LogP) is 2.69. The van der Waals surface area contributed by atoms with E-state index in [0.717, 1.165) is 50.4 Å². The Labute approximate surface area is 164 Å². The number of carbonyl (C=O) groups is 1. The van der Waals surface area contributed by atoms with Gasteiger partial charge in [0.15, 0.2) is 0 Å². The van der Waals surface area contributed by atoms with Crippen LogP contribution in [-0.4, -0.2) is 72.3 Å². The number of piperidine rings is 1. The first-order valence-corrected chi connectivity index (χ1v) is 10.4. The zero-order chi connectivity index (χ0) is 19.1. The van der Waals surface area contributed by atoms with Crippen molar-refractivity contribution in [2.45, 2.75) is 38.2 Å². The highest BCUT2D eigenvalue weighted by atomic mass is 32.1. The number of nitrogens with zero attached hydrogens (tertiary/aromatic N) is 4. The van der Waals surface area contributed by atoms with Crippen molar-refractivity contribution >= 4 is 17.2 Å². The van der Waals surface area contributed by atoms with E-state index >= 15 is 0 Å². The topological polar surface area (TPSA) is 71.7 Å². The van der Waals surface area contributed by atoms with Crippen molar-refractivity contribution in [3.8, 4) is 10.7 Å². The van der Waals surface area contributed by atoms with E-state index in [1.807, 2.05) is 22.4 Å². The summed E-state index contributed by atoms with van der Waals surface area (Å²) in [6.07, 6.45) is 4.04. The zero-order valence-electron chi connectivity index (χ0n) is 16.1. The van der Waals surface area contributed by atoms with Crippen LogP contribution in [0.25, 0.3) is 10.7 Å². The van der Waals surface area contributed by atoms with Gasteiger partial charge in [0.1, 0.15) is 0 Å². The molecule has 1 amide bonds. The van der Waals surface area contributed by atoms with Crippen molar-refractivity contribution in [1.29, 1.82) is 0 Å². The van der Waals surface area contributed by atoms with Crippen LogP contribution in [0.1, 0.15) is 31.6 Å². The normalized spacial score (nSPS) is 15.6. The Morgan fingerprint density at radius 2 is 2.22 bits per heavy atom. The van der Waals surface area contributed by atoms with Crippen LogP contribution in [0.2, 0.25) is 0 Å². The van der Waals surface area contributed by atoms with Gasteiger partial charge in [-0.3, -0.25) is 4.79 Å². The van der Waals surface area contributed by atoms with E-state index in [1.54, 1.807) is 11.3 Å². The lowest BCUT2D eigenvalue weighted by molar-refractivity contribution is -0.133. The minimum atomic E-state index is 0.150. The van der Waals surface area contributed by atoms with Crippen molar-refractivity contribution in [3.63, 3.8) is 0 Å². The van der Waals surface area contributed by atoms with Gasteiger partial charge in [-0.25, -0.2) is 0 Å². The average Bonchev–Trinajstić information content (AvgIpc) is 3.35. The van der Waals surface area contributed by atoms with E-state index in [1.165, 1.54) is 0 Å². The molecule has 3 rings (SSSR count). The lowest BCUT2D eigenvalue weighted by Crippen LogP contribution is -2.41. The van der Waals surface area contributed by atoms with Gasteiger partial charge in [0.05, 0.1) is 11.0 Å². The van der Waals surface area contributed by atoms with Crippen molar-refractivity contribution < 1.29 is 14.1 Å². The third-order valence-corrected chi connectivity index (χ3v) is 5.53. The van der Waals surface area contributed by atoms with E-state index in [2.05, 4.69) is 29.1 Å². The molecule has 148 valence electrons. The quantitative estimate of drug-likeness (QED) is 0.611. The third kappa shape index (κ3) is 6.12. The summed E-state index contributed by atoms with van der Waals surface area (Å²) in [5.41, 5.74) is 0. The molecule has 7 nitrogen and oxygen atoms in total. The predicted molar refractivity (Wildman–Crippen MR) is 105 cm³/mol. The molecule has 0 spiro atoms. The van der Waals surface area contributed by atoms with Crippen molar-refractivity contribution in [2.75, 3.05) is 40.3 Å². The largest absolute Gasteiger partial charge is 0.378 e. The number of hydrogen-bond acceptors (Lipinski definition) is 7. The molecule has 0 radical (unpaired) electrons. The summed E-state index contributed by atoms with van der Waals surface area (Å²) in [5.74, 6) is 1.27. The molecular weight excluding hydrogens is 364 g/mol. The second-order valence-corrected chi connectivity index (χ2v) is 8.04. The number of likely N-dealkylation sites (tertiary alicyclic amines) is 1. The molecule has 0 aromatic carbocycles. The van der Waals surface area contributed by atoms with Crippen LogP contribution in [0.3, 0.4) is 0 Å². The maximum atomic E-state index is 12.4. The number of hydrogen-bond donors (Lipinski definition) is 0. The Bertz CT molecular complexity index is 694. The number of carbonyl (C=O) groups excluding carboxylic acids is 1. The minimum Gasteiger partial charge on any atom is -0.378 e. The Morgan fingerprint density at radius 3 is 2.93 bits per heavy atom. The molecule has 2 aromatic heterocycles. The third-order valence-electron chi connectivity index (χ3n) is 4.66. The molecule has 1 aliphatic rings. The van der Waals surface area contributed by atoms with Crippen molar-refractivity contribution in [2.24, 2.45) is 0 Å². The number of ether oxygens (including phenoxy) is 1. The molecular formula is C19H28N4O3S. The molecule has 0 aliphatic carbocycles. The molecule has 3 heterocycles. The summed E-state index contributed by atoms with van der Waals surface area (Å²) in [5, 5.41) is 5.96. The first-order valence-electron chi connectivity index (χ1n) is 9.52. The molecule has 1 aliphatic heterocycles. The molecule has 1 saturated heterocycles. The van der Waals surface area contributed by atoms with Gasteiger partial charge in [0.2, 0.25) is 17.6 Å². The smallest absolute Gasteiger partial charge is 0.227 e. The molecule has 1 fully saturated rings. The molecule has 0 unspecified atom stereocenters. The lowest BCUT2D eigenvalue weighted by atomic mass is 10.1. The van der Waals surface area contributed by atoms with Crippen LogP contribution in [0.4, 0.5) is 0 Å². The van der Waals surface area contributed by atoms with E-state index < -0.39 is 0 Å². The Hall–Kier alpha value is -1.77. The van der Waals surface area contributed by atoms with Gasteiger partial charge < -0.3 is 19.1 Å². The van der Waals surface area contributed by atoms with Crippen LogP contribution < -0.4 is 0 Å². The average molecular weight is 393 g/mol. The van der Waals surface area contributed by atoms with Crippen molar-refractivity contribution in [3.05, 3.63) is 23.4 Å². The number of rotatable bonds is 9. The second-order valence-electron chi connectivity index (χ2n) is 7.10. The van der Waals surface area contributed by atoms with Crippen LogP contribution in [0.5, 0.6) is 0 Å². The van der Waals surface area contributed by atoms with Gasteiger partial charge in [0.25, 0.3) is 0 Å². The minimum absolute atomic E-state index is 0.150. The van der Waals surface area contributed by atoms with Gasteiger partial charge >= 0.3 is 0 Å². The maximum absolute atomic E-state index is 12.4.